The second-order valence-corrected chi connectivity index (χ2v) is 5.44. The number of carbonyl (C=O) groups excluding carboxylic acids is 1. The van der Waals surface area contributed by atoms with Gasteiger partial charge >= 0.3 is 0 Å². The van der Waals surface area contributed by atoms with Crippen LogP contribution in [0.15, 0.2) is 42.5 Å². The second kappa shape index (κ2) is 5.78. The molecule has 0 N–H and O–H groups in total. The Hall–Kier alpha value is -2.00. The summed E-state index contributed by atoms with van der Waals surface area (Å²) in [5.41, 5.74) is 1.67. The van der Waals surface area contributed by atoms with Crippen molar-refractivity contribution in [3.05, 3.63) is 58.6 Å². The highest BCUT2D eigenvalue weighted by atomic mass is 35.5. The van der Waals surface area contributed by atoms with Crippen molar-refractivity contribution in [3.8, 4) is 11.5 Å². The molecule has 0 aliphatic carbocycles. The van der Waals surface area contributed by atoms with Crippen LogP contribution in [-0.2, 0) is 6.42 Å². The van der Waals surface area contributed by atoms with Crippen LogP contribution in [0.4, 0.5) is 0 Å². The number of para-hydroxylation sites is 1. The molecule has 0 aromatic heterocycles. The number of rotatable bonds is 3. The van der Waals surface area contributed by atoms with Gasteiger partial charge in [-0.25, -0.2) is 0 Å². The average Bonchev–Trinajstić information content (AvgIpc) is 2.54. The fraction of sp³-hybridized carbons (Fsp3) is 0.235. The SMILES string of the molecule is COc1cc(C(=O)C2COc3ccccc3C2)ccc1Cl. The smallest absolute Gasteiger partial charge is 0.169 e. The molecule has 1 aliphatic heterocycles. The molecule has 0 saturated carbocycles. The van der Waals surface area contributed by atoms with Crippen LogP contribution in [0.25, 0.3) is 0 Å². The Morgan fingerprint density at radius 3 is 2.90 bits per heavy atom. The van der Waals surface area contributed by atoms with Crippen LogP contribution in [0.3, 0.4) is 0 Å². The monoisotopic (exact) mass is 302 g/mol. The number of ketones is 1. The van der Waals surface area contributed by atoms with E-state index < -0.39 is 0 Å². The molecular weight excluding hydrogens is 288 g/mol. The fourth-order valence-electron chi connectivity index (χ4n) is 2.55. The van der Waals surface area contributed by atoms with Crippen LogP contribution in [0.2, 0.25) is 5.02 Å². The molecule has 108 valence electrons. The van der Waals surface area contributed by atoms with Crippen LogP contribution in [0.1, 0.15) is 15.9 Å². The van der Waals surface area contributed by atoms with E-state index in [0.717, 1.165) is 11.3 Å². The van der Waals surface area contributed by atoms with Crippen molar-refractivity contribution in [3.63, 3.8) is 0 Å². The van der Waals surface area contributed by atoms with E-state index in [4.69, 9.17) is 21.1 Å². The number of Topliss-reactive ketones (excluding diaryl/α,β-unsaturated/α-hetero) is 1. The lowest BCUT2D eigenvalue weighted by molar-refractivity contribution is 0.0855. The summed E-state index contributed by atoms with van der Waals surface area (Å²) >= 11 is 5.99. The van der Waals surface area contributed by atoms with Crippen molar-refractivity contribution in [2.24, 2.45) is 5.92 Å². The number of methoxy groups -OCH3 is 1. The predicted molar refractivity (Wildman–Crippen MR) is 81.5 cm³/mol. The van der Waals surface area contributed by atoms with Gasteiger partial charge in [0.2, 0.25) is 0 Å². The molecule has 2 aromatic carbocycles. The first-order valence-corrected chi connectivity index (χ1v) is 7.15. The van der Waals surface area contributed by atoms with E-state index in [1.165, 1.54) is 7.11 Å². The van der Waals surface area contributed by atoms with Crippen LogP contribution < -0.4 is 9.47 Å². The van der Waals surface area contributed by atoms with Gasteiger partial charge in [-0.2, -0.15) is 0 Å². The zero-order valence-electron chi connectivity index (χ0n) is 11.6. The highest BCUT2D eigenvalue weighted by Gasteiger charge is 2.27. The lowest BCUT2D eigenvalue weighted by atomic mass is 9.90. The highest BCUT2D eigenvalue weighted by molar-refractivity contribution is 6.32. The van der Waals surface area contributed by atoms with E-state index in [0.29, 0.717) is 29.4 Å². The van der Waals surface area contributed by atoms with Crippen LogP contribution >= 0.6 is 11.6 Å². The third-order valence-corrected chi connectivity index (χ3v) is 4.00. The molecule has 1 unspecified atom stereocenters. The predicted octanol–water partition coefficient (Wildman–Crippen LogP) is 3.78. The number of carbonyl (C=O) groups is 1. The van der Waals surface area contributed by atoms with E-state index in [1.54, 1.807) is 18.2 Å². The minimum atomic E-state index is -0.175. The van der Waals surface area contributed by atoms with Gasteiger partial charge in [0.25, 0.3) is 0 Å². The summed E-state index contributed by atoms with van der Waals surface area (Å²) in [6.07, 6.45) is 0.694. The molecule has 1 atom stereocenters. The number of halogens is 1. The fourth-order valence-corrected chi connectivity index (χ4v) is 2.74. The molecule has 0 fully saturated rings. The first-order chi connectivity index (χ1) is 10.2. The Bertz CT molecular complexity index is 681. The second-order valence-electron chi connectivity index (χ2n) is 5.03. The van der Waals surface area contributed by atoms with Crippen molar-refractivity contribution in [1.82, 2.24) is 0 Å². The van der Waals surface area contributed by atoms with E-state index in [1.807, 2.05) is 24.3 Å². The van der Waals surface area contributed by atoms with E-state index in [9.17, 15) is 4.79 Å². The van der Waals surface area contributed by atoms with Crippen molar-refractivity contribution in [2.45, 2.75) is 6.42 Å². The molecule has 0 bridgehead atoms. The maximum absolute atomic E-state index is 12.6. The van der Waals surface area contributed by atoms with Gasteiger partial charge in [-0.3, -0.25) is 4.79 Å². The molecular formula is C17H15ClO3. The molecule has 1 aliphatic rings. The van der Waals surface area contributed by atoms with E-state index in [-0.39, 0.29) is 11.7 Å². The lowest BCUT2D eigenvalue weighted by Crippen LogP contribution is -2.28. The van der Waals surface area contributed by atoms with Gasteiger partial charge < -0.3 is 9.47 Å². The number of benzene rings is 2. The zero-order valence-corrected chi connectivity index (χ0v) is 12.4. The van der Waals surface area contributed by atoms with Crippen LogP contribution in [-0.4, -0.2) is 19.5 Å². The summed E-state index contributed by atoms with van der Waals surface area (Å²) < 4.78 is 10.8. The van der Waals surface area contributed by atoms with Gasteiger partial charge in [0.1, 0.15) is 11.5 Å². The largest absolute Gasteiger partial charge is 0.495 e. The summed E-state index contributed by atoms with van der Waals surface area (Å²) in [5.74, 6) is 1.26. The summed E-state index contributed by atoms with van der Waals surface area (Å²) in [7, 11) is 1.54. The van der Waals surface area contributed by atoms with Crippen molar-refractivity contribution < 1.29 is 14.3 Å². The molecule has 0 saturated heterocycles. The van der Waals surface area contributed by atoms with Crippen molar-refractivity contribution >= 4 is 17.4 Å². The maximum Gasteiger partial charge on any atom is 0.169 e. The summed E-state index contributed by atoms with van der Waals surface area (Å²) in [5, 5.41) is 0.499. The Morgan fingerprint density at radius 2 is 2.10 bits per heavy atom. The number of hydrogen-bond donors (Lipinski definition) is 0. The number of ether oxygens (including phenoxy) is 2. The molecule has 21 heavy (non-hydrogen) atoms. The van der Waals surface area contributed by atoms with Crippen LogP contribution in [0, 0.1) is 5.92 Å². The molecule has 4 heteroatoms. The zero-order chi connectivity index (χ0) is 14.8. The van der Waals surface area contributed by atoms with Crippen molar-refractivity contribution in [1.29, 1.82) is 0 Å². The minimum Gasteiger partial charge on any atom is -0.495 e. The normalized spacial score (nSPS) is 16.8. The van der Waals surface area contributed by atoms with Gasteiger partial charge in [0.15, 0.2) is 5.78 Å². The lowest BCUT2D eigenvalue weighted by Gasteiger charge is -2.24. The van der Waals surface area contributed by atoms with Crippen LogP contribution in [0.5, 0.6) is 11.5 Å². The maximum atomic E-state index is 12.6. The Balaban J connectivity index is 1.84. The van der Waals surface area contributed by atoms with Gasteiger partial charge in [-0.15, -0.1) is 0 Å². The molecule has 3 rings (SSSR count). The quantitative estimate of drug-likeness (QED) is 0.809. The van der Waals surface area contributed by atoms with Gasteiger partial charge in [-0.05, 0) is 36.2 Å². The Morgan fingerprint density at radius 1 is 1.29 bits per heavy atom. The molecule has 0 radical (unpaired) electrons. The molecule has 0 spiro atoms. The summed E-state index contributed by atoms with van der Waals surface area (Å²) in [6.45, 7) is 0.404. The first kappa shape index (κ1) is 14.0. The topological polar surface area (TPSA) is 35.5 Å². The van der Waals surface area contributed by atoms with Gasteiger partial charge in [0.05, 0.1) is 24.7 Å². The highest BCUT2D eigenvalue weighted by Crippen LogP contribution is 2.30. The van der Waals surface area contributed by atoms with Crippen molar-refractivity contribution in [2.75, 3.05) is 13.7 Å². The summed E-state index contributed by atoms with van der Waals surface area (Å²) in [4.78, 5) is 12.6. The molecule has 2 aromatic rings. The molecule has 1 heterocycles. The number of hydrogen-bond acceptors (Lipinski definition) is 3. The molecule has 3 nitrogen and oxygen atoms in total. The Kier molecular flexibility index (Phi) is 3.84. The van der Waals surface area contributed by atoms with E-state index in [2.05, 4.69) is 0 Å². The average molecular weight is 303 g/mol. The summed E-state index contributed by atoms with van der Waals surface area (Å²) in [6, 6.07) is 12.9. The third-order valence-electron chi connectivity index (χ3n) is 3.69. The molecule has 0 amide bonds. The number of fused-ring (bicyclic) bond motifs is 1. The minimum absolute atomic E-state index is 0.0551. The third kappa shape index (κ3) is 2.74. The van der Waals surface area contributed by atoms with Gasteiger partial charge in [0, 0.05) is 5.56 Å². The Labute approximate surface area is 128 Å². The van der Waals surface area contributed by atoms with Gasteiger partial charge in [-0.1, -0.05) is 29.8 Å². The first-order valence-electron chi connectivity index (χ1n) is 6.77. The standard InChI is InChI=1S/C17H15ClO3/c1-20-16-9-12(6-7-14(16)18)17(19)13-8-11-4-2-3-5-15(11)21-10-13/h2-7,9,13H,8,10H2,1H3. The van der Waals surface area contributed by atoms with E-state index >= 15 is 0 Å².